The van der Waals surface area contributed by atoms with Gasteiger partial charge >= 0.3 is 0 Å². The van der Waals surface area contributed by atoms with E-state index < -0.39 is 0 Å². The van der Waals surface area contributed by atoms with Crippen molar-refractivity contribution in [3.8, 4) is 0 Å². The second kappa shape index (κ2) is 2.84. The first-order chi connectivity index (χ1) is 6.16. The molecule has 13 heavy (non-hydrogen) atoms. The smallest absolute Gasteiger partial charge is 0.144 e. The summed E-state index contributed by atoms with van der Waals surface area (Å²) in [4.78, 5) is 8.58. The third-order valence-electron chi connectivity index (χ3n) is 2.03. The molecule has 62 valence electrons. The minimum Gasteiger partial charge on any atom is -0.261 e. The minimum absolute atomic E-state index is 0.511. The van der Waals surface area contributed by atoms with E-state index in [-0.39, 0.29) is 0 Å². The summed E-state index contributed by atoms with van der Waals surface area (Å²) in [5.41, 5.74) is 4.25. The molecule has 0 aliphatic heterocycles. The topological polar surface area (TPSA) is 25.8 Å². The maximum atomic E-state index is 5.65. The van der Waals surface area contributed by atoms with Gasteiger partial charge in [0.1, 0.15) is 7.85 Å². The molecule has 0 spiro atoms. The maximum Gasteiger partial charge on any atom is 0.144 e. The van der Waals surface area contributed by atoms with Crippen LogP contribution in [0.15, 0.2) is 18.2 Å². The van der Waals surface area contributed by atoms with Crippen molar-refractivity contribution in [2.24, 2.45) is 0 Å². The summed E-state index contributed by atoms with van der Waals surface area (Å²) in [6.45, 7) is 3.90. The molecule has 0 aliphatic carbocycles. The van der Waals surface area contributed by atoms with Gasteiger partial charge in [0.25, 0.3) is 0 Å². The molecule has 0 amide bonds. The molecule has 2 rings (SSSR count). The van der Waals surface area contributed by atoms with Crippen molar-refractivity contribution in [3.63, 3.8) is 0 Å². The van der Waals surface area contributed by atoms with E-state index in [1.807, 2.05) is 32.0 Å². The van der Waals surface area contributed by atoms with Gasteiger partial charge in [0.05, 0.1) is 11.0 Å². The van der Waals surface area contributed by atoms with Crippen molar-refractivity contribution in [1.82, 2.24) is 9.97 Å². The van der Waals surface area contributed by atoms with E-state index in [1.54, 1.807) is 0 Å². The average molecular weight is 168 g/mol. The quantitative estimate of drug-likeness (QED) is 0.549. The van der Waals surface area contributed by atoms with E-state index in [2.05, 4.69) is 9.97 Å². The molecule has 2 aromatic rings. The van der Waals surface area contributed by atoms with Crippen LogP contribution >= 0.6 is 0 Å². The van der Waals surface area contributed by atoms with Crippen LogP contribution in [0.5, 0.6) is 0 Å². The van der Waals surface area contributed by atoms with Crippen LogP contribution in [0.25, 0.3) is 11.0 Å². The van der Waals surface area contributed by atoms with Crippen molar-refractivity contribution >= 4 is 24.5 Å². The highest BCUT2D eigenvalue weighted by molar-refractivity contribution is 6.31. The Kier molecular flexibility index (Phi) is 1.80. The number of hydrogen-bond acceptors (Lipinski definition) is 2. The monoisotopic (exact) mass is 168 g/mol. The van der Waals surface area contributed by atoms with Crippen molar-refractivity contribution < 1.29 is 0 Å². The van der Waals surface area contributed by atoms with Gasteiger partial charge in [-0.05, 0) is 31.5 Å². The molecule has 0 bridgehead atoms. The molecular formula is C10H9BN2. The molecule has 2 radical (unpaired) electrons. The van der Waals surface area contributed by atoms with Crippen molar-refractivity contribution in [3.05, 3.63) is 29.5 Å². The highest BCUT2D eigenvalue weighted by Crippen LogP contribution is 2.09. The molecule has 1 aromatic heterocycles. The first-order valence-corrected chi connectivity index (χ1v) is 4.17. The van der Waals surface area contributed by atoms with Crippen molar-refractivity contribution in [1.29, 1.82) is 0 Å². The zero-order chi connectivity index (χ0) is 9.42. The normalized spacial score (nSPS) is 10.6. The highest BCUT2D eigenvalue weighted by atomic mass is 14.8. The van der Waals surface area contributed by atoms with Crippen LogP contribution in [-0.2, 0) is 0 Å². The van der Waals surface area contributed by atoms with E-state index >= 15 is 0 Å². The molecule has 3 heteroatoms. The molecule has 0 saturated heterocycles. The molecule has 0 saturated carbocycles. The Bertz CT molecular complexity index is 466. The van der Waals surface area contributed by atoms with Crippen LogP contribution in [0, 0.1) is 13.8 Å². The van der Waals surface area contributed by atoms with Crippen LogP contribution < -0.4 is 5.59 Å². The summed E-state index contributed by atoms with van der Waals surface area (Å²) >= 11 is 0. The van der Waals surface area contributed by atoms with Gasteiger partial charge in [0.15, 0.2) is 0 Å². The van der Waals surface area contributed by atoms with Gasteiger partial charge < -0.3 is 0 Å². The van der Waals surface area contributed by atoms with Gasteiger partial charge in [-0.25, -0.2) is 0 Å². The third kappa shape index (κ3) is 1.42. The first kappa shape index (κ1) is 8.23. The zero-order valence-corrected chi connectivity index (χ0v) is 7.70. The maximum absolute atomic E-state index is 5.65. The molecule has 0 aliphatic rings. The fourth-order valence-corrected chi connectivity index (χ4v) is 1.27. The van der Waals surface area contributed by atoms with E-state index in [4.69, 9.17) is 7.85 Å². The zero-order valence-electron chi connectivity index (χ0n) is 7.70. The summed E-state index contributed by atoms with van der Waals surface area (Å²) in [5, 5.41) is 0. The lowest BCUT2D eigenvalue weighted by atomic mass is 10.0. The van der Waals surface area contributed by atoms with Gasteiger partial charge in [-0.3, -0.25) is 9.97 Å². The minimum atomic E-state index is 0.511. The van der Waals surface area contributed by atoms with E-state index in [0.717, 1.165) is 16.7 Å². The molecule has 1 heterocycles. The number of fused-ring (bicyclic) bond motifs is 1. The van der Waals surface area contributed by atoms with Crippen molar-refractivity contribution in [2.75, 3.05) is 0 Å². The first-order valence-electron chi connectivity index (χ1n) is 4.17. The van der Waals surface area contributed by atoms with E-state index in [9.17, 15) is 0 Å². The lowest BCUT2D eigenvalue weighted by molar-refractivity contribution is 1.22. The Balaban J connectivity index is 2.81. The highest BCUT2D eigenvalue weighted by Gasteiger charge is 1.99. The lowest BCUT2D eigenvalue weighted by Crippen LogP contribution is -2.14. The molecule has 0 unspecified atom stereocenters. The SMILES string of the molecule is [B]c1nc2ccc(C)cc2nc1C. The third-order valence-corrected chi connectivity index (χ3v) is 2.03. The Morgan fingerprint density at radius 1 is 1.08 bits per heavy atom. The molecule has 0 N–H and O–H groups in total. The predicted molar refractivity (Wildman–Crippen MR) is 54.4 cm³/mol. The summed E-state index contributed by atoms with van der Waals surface area (Å²) in [6.07, 6.45) is 0. The summed E-state index contributed by atoms with van der Waals surface area (Å²) in [5.74, 6) is 0. The number of aryl methyl sites for hydroxylation is 2. The Morgan fingerprint density at radius 2 is 1.85 bits per heavy atom. The summed E-state index contributed by atoms with van der Waals surface area (Å²) in [7, 11) is 5.65. The van der Waals surface area contributed by atoms with Crippen LogP contribution in [-0.4, -0.2) is 17.8 Å². The van der Waals surface area contributed by atoms with E-state index in [0.29, 0.717) is 5.59 Å². The number of hydrogen-bond donors (Lipinski definition) is 0. The molecule has 2 nitrogen and oxygen atoms in total. The fourth-order valence-electron chi connectivity index (χ4n) is 1.27. The van der Waals surface area contributed by atoms with Crippen LogP contribution in [0.1, 0.15) is 11.3 Å². The van der Waals surface area contributed by atoms with Gasteiger partial charge in [-0.2, -0.15) is 0 Å². The Morgan fingerprint density at radius 3 is 2.62 bits per heavy atom. The Labute approximate surface area is 78.4 Å². The second-order valence-electron chi connectivity index (χ2n) is 3.19. The van der Waals surface area contributed by atoms with Crippen LogP contribution in [0.4, 0.5) is 0 Å². The molecule has 0 fully saturated rings. The summed E-state index contributed by atoms with van der Waals surface area (Å²) in [6, 6.07) is 5.95. The van der Waals surface area contributed by atoms with Crippen LogP contribution in [0.3, 0.4) is 0 Å². The number of nitrogens with zero attached hydrogens (tertiary/aromatic N) is 2. The standard InChI is InChI=1S/C10H9BN2/c1-6-3-4-8-9(5-6)12-7(2)10(11)13-8/h3-5H,1-2H3. The van der Waals surface area contributed by atoms with Gasteiger partial charge in [-0.15, -0.1) is 0 Å². The van der Waals surface area contributed by atoms with Crippen LogP contribution in [0.2, 0.25) is 0 Å². The average Bonchev–Trinajstić information content (AvgIpc) is 2.08. The van der Waals surface area contributed by atoms with Gasteiger partial charge in [-0.1, -0.05) is 6.07 Å². The lowest BCUT2D eigenvalue weighted by Gasteiger charge is -2.02. The Hall–Kier alpha value is -1.38. The summed E-state index contributed by atoms with van der Waals surface area (Å²) < 4.78 is 0. The van der Waals surface area contributed by atoms with Gasteiger partial charge in [0, 0.05) is 11.3 Å². The largest absolute Gasteiger partial charge is 0.261 e. The number of benzene rings is 1. The van der Waals surface area contributed by atoms with E-state index in [1.165, 1.54) is 5.56 Å². The molecular weight excluding hydrogens is 159 g/mol. The second-order valence-corrected chi connectivity index (χ2v) is 3.19. The number of rotatable bonds is 0. The molecule has 1 aromatic carbocycles. The van der Waals surface area contributed by atoms with Gasteiger partial charge in [0.2, 0.25) is 0 Å². The fraction of sp³-hybridized carbons (Fsp3) is 0.200. The predicted octanol–water partition coefficient (Wildman–Crippen LogP) is 1.04. The number of aromatic nitrogens is 2. The van der Waals surface area contributed by atoms with Crippen molar-refractivity contribution in [2.45, 2.75) is 13.8 Å². The molecule has 0 atom stereocenters.